The lowest BCUT2D eigenvalue weighted by Crippen LogP contribution is -2.14. The first kappa shape index (κ1) is 14.7. The second-order valence-electron chi connectivity index (χ2n) is 3.90. The van der Waals surface area contributed by atoms with Gasteiger partial charge in [0.1, 0.15) is 5.82 Å². The maximum atomic E-state index is 12.2. The van der Waals surface area contributed by atoms with Crippen molar-refractivity contribution >= 4 is 59.5 Å². The zero-order valence-corrected chi connectivity index (χ0v) is 14.6. The third-order valence-corrected chi connectivity index (χ3v) is 4.07. The third kappa shape index (κ3) is 3.64. The minimum absolute atomic E-state index is 0.203. The number of aryl methyl sites for hydroxylation is 1. The van der Waals surface area contributed by atoms with Crippen molar-refractivity contribution in [3.8, 4) is 0 Å². The summed E-state index contributed by atoms with van der Waals surface area (Å²) in [5.74, 6) is 0.353. The van der Waals surface area contributed by atoms with Gasteiger partial charge in [0.2, 0.25) is 0 Å². The largest absolute Gasteiger partial charge is 0.306 e. The molecule has 3 nitrogen and oxygen atoms in total. The topological polar surface area (TPSA) is 42.0 Å². The molecule has 1 aromatic carbocycles. The lowest BCUT2D eigenvalue weighted by atomic mass is 10.2. The SMILES string of the molecule is Cc1cc(Br)cnc1NC(=O)c1cc(Br)ccc1Br. The van der Waals surface area contributed by atoms with E-state index < -0.39 is 0 Å². The van der Waals surface area contributed by atoms with Gasteiger partial charge in [-0.15, -0.1) is 0 Å². The van der Waals surface area contributed by atoms with E-state index in [-0.39, 0.29) is 5.91 Å². The van der Waals surface area contributed by atoms with Crippen LogP contribution < -0.4 is 5.32 Å². The number of nitrogens with one attached hydrogen (secondary N) is 1. The van der Waals surface area contributed by atoms with E-state index in [2.05, 4.69) is 58.1 Å². The number of hydrogen-bond donors (Lipinski definition) is 1. The first-order valence-corrected chi connectivity index (χ1v) is 7.74. The van der Waals surface area contributed by atoms with Crippen molar-refractivity contribution in [2.24, 2.45) is 0 Å². The molecular formula is C13H9Br3N2O. The molecule has 19 heavy (non-hydrogen) atoms. The van der Waals surface area contributed by atoms with Gasteiger partial charge in [-0.05, 0) is 68.6 Å². The fourth-order valence-corrected chi connectivity index (χ4v) is 2.75. The van der Waals surface area contributed by atoms with Crippen LogP contribution in [0.5, 0.6) is 0 Å². The molecule has 0 aliphatic heterocycles. The van der Waals surface area contributed by atoms with Gasteiger partial charge in [-0.3, -0.25) is 4.79 Å². The summed E-state index contributed by atoms with van der Waals surface area (Å²) in [5.41, 5.74) is 1.45. The van der Waals surface area contributed by atoms with E-state index in [4.69, 9.17) is 0 Å². The van der Waals surface area contributed by atoms with Crippen molar-refractivity contribution < 1.29 is 4.79 Å². The smallest absolute Gasteiger partial charge is 0.258 e. The van der Waals surface area contributed by atoms with Crippen molar-refractivity contribution in [1.29, 1.82) is 0 Å². The molecule has 0 fully saturated rings. The predicted molar refractivity (Wildman–Crippen MR) is 86.5 cm³/mol. The fraction of sp³-hybridized carbons (Fsp3) is 0.0769. The van der Waals surface area contributed by atoms with Gasteiger partial charge in [-0.1, -0.05) is 15.9 Å². The number of carbonyl (C=O) groups excluding carboxylic acids is 1. The number of amides is 1. The summed E-state index contributed by atoms with van der Waals surface area (Å²) in [6.45, 7) is 1.89. The quantitative estimate of drug-likeness (QED) is 0.707. The molecule has 1 heterocycles. The number of pyridine rings is 1. The van der Waals surface area contributed by atoms with Gasteiger partial charge >= 0.3 is 0 Å². The average Bonchev–Trinajstić information content (AvgIpc) is 2.35. The summed E-state index contributed by atoms with van der Waals surface area (Å²) in [7, 11) is 0. The first-order valence-electron chi connectivity index (χ1n) is 5.36. The molecular weight excluding hydrogens is 440 g/mol. The van der Waals surface area contributed by atoms with Gasteiger partial charge in [-0.25, -0.2) is 4.98 Å². The summed E-state index contributed by atoms with van der Waals surface area (Å²) in [6, 6.07) is 7.34. The Hall–Kier alpha value is -0.720. The van der Waals surface area contributed by atoms with Crippen molar-refractivity contribution in [3.05, 3.63) is 55.0 Å². The monoisotopic (exact) mass is 446 g/mol. The van der Waals surface area contributed by atoms with Crippen molar-refractivity contribution in [3.63, 3.8) is 0 Å². The lowest BCUT2D eigenvalue weighted by molar-refractivity contribution is 0.102. The van der Waals surface area contributed by atoms with Gasteiger partial charge in [0.15, 0.2) is 0 Å². The van der Waals surface area contributed by atoms with Gasteiger partial charge in [0.25, 0.3) is 5.91 Å². The second-order valence-corrected chi connectivity index (χ2v) is 6.58. The molecule has 0 saturated heterocycles. The average molecular weight is 449 g/mol. The fourth-order valence-electron chi connectivity index (χ4n) is 1.52. The van der Waals surface area contributed by atoms with Crippen LogP contribution in [0.2, 0.25) is 0 Å². The Morgan fingerprint density at radius 1 is 1.16 bits per heavy atom. The highest BCUT2D eigenvalue weighted by Gasteiger charge is 2.12. The summed E-state index contributed by atoms with van der Waals surface area (Å²) in [6.07, 6.45) is 1.65. The number of hydrogen-bond acceptors (Lipinski definition) is 2. The summed E-state index contributed by atoms with van der Waals surface area (Å²) in [5, 5.41) is 2.80. The molecule has 0 radical (unpaired) electrons. The number of rotatable bonds is 2. The Bertz CT molecular complexity index is 644. The minimum Gasteiger partial charge on any atom is -0.306 e. The minimum atomic E-state index is -0.203. The van der Waals surface area contributed by atoms with Crippen LogP contribution in [0.15, 0.2) is 43.9 Å². The third-order valence-electron chi connectivity index (χ3n) is 2.45. The zero-order valence-electron chi connectivity index (χ0n) is 9.88. The highest BCUT2D eigenvalue weighted by atomic mass is 79.9. The van der Waals surface area contributed by atoms with Crippen molar-refractivity contribution in [2.45, 2.75) is 6.92 Å². The molecule has 2 aromatic rings. The number of aromatic nitrogens is 1. The molecule has 0 bridgehead atoms. The molecule has 6 heteroatoms. The second kappa shape index (κ2) is 6.15. The summed E-state index contributed by atoms with van der Waals surface area (Å²) >= 11 is 10.1. The van der Waals surface area contributed by atoms with E-state index in [0.717, 1.165) is 19.0 Å². The number of benzene rings is 1. The molecule has 0 atom stereocenters. The number of carbonyl (C=O) groups is 1. The van der Waals surface area contributed by atoms with Crippen LogP contribution in [0.1, 0.15) is 15.9 Å². The van der Waals surface area contributed by atoms with Crippen LogP contribution in [-0.4, -0.2) is 10.9 Å². The van der Waals surface area contributed by atoms with Crippen LogP contribution in [0, 0.1) is 6.92 Å². The van der Waals surface area contributed by atoms with Crippen LogP contribution in [-0.2, 0) is 0 Å². The molecule has 0 saturated carbocycles. The maximum Gasteiger partial charge on any atom is 0.258 e. The van der Waals surface area contributed by atoms with Gasteiger partial charge in [0.05, 0.1) is 5.56 Å². The van der Waals surface area contributed by atoms with E-state index in [9.17, 15) is 4.79 Å². The van der Waals surface area contributed by atoms with Crippen LogP contribution >= 0.6 is 47.8 Å². The normalized spacial score (nSPS) is 10.3. The summed E-state index contributed by atoms with van der Waals surface area (Å²) < 4.78 is 2.47. The van der Waals surface area contributed by atoms with E-state index in [1.165, 1.54) is 0 Å². The molecule has 1 aromatic heterocycles. The predicted octanol–water partition coefficient (Wildman–Crippen LogP) is 4.93. The van der Waals surface area contributed by atoms with E-state index >= 15 is 0 Å². The lowest BCUT2D eigenvalue weighted by Gasteiger charge is -2.09. The van der Waals surface area contributed by atoms with Gasteiger partial charge in [-0.2, -0.15) is 0 Å². The number of nitrogens with zero attached hydrogens (tertiary/aromatic N) is 1. The van der Waals surface area contributed by atoms with E-state index in [0.29, 0.717) is 11.4 Å². The maximum absolute atomic E-state index is 12.2. The molecule has 0 aliphatic carbocycles. The molecule has 1 amide bonds. The van der Waals surface area contributed by atoms with E-state index in [1.54, 1.807) is 12.3 Å². The highest BCUT2D eigenvalue weighted by molar-refractivity contribution is 9.11. The van der Waals surface area contributed by atoms with Crippen molar-refractivity contribution in [2.75, 3.05) is 5.32 Å². The first-order chi connectivity index (χ1) is 8.97. The summed E-state index contributed by atoms with van der Waals surface area (Å²) in [4.78, 5) is 16.4. The number of anilines is 1. The molecule has 0 unspecified atom stereocenters. The Labute approximate surface area is 136 Å². The van der Waals surface area contributed by atoms with Crippen LogP contribution in [0.25, 0.3) is 0 Å². The molecule has 0 aliphatic rings. The van der Waals surface area contributed by atoms with Gasteiger partial charge in [0, 0.05) is 19.6 Å². The molecule has 0 spiro atoms. The Morgan fingerprint density at radius 2 is 1.89 bits per heavy atom. The van der Waals surface area contributed by atoms with Crippen LogP contribution in [0.3, 0.4) is 0 Å². The molecule has 98 valence electrons. The van der Waals surface area contributed by atoms with Crippen LogP contribution in [0.4, 0.5) is 5.82 Å². The highest BCUT2D eigenvalue weighted by Crippen LogP contribution is 2.23. The Balaban J connectivity index is 2.28. The Kier molecular flexibility index (Phi) is 4.76. The Morgan fingerprint density at radius 3 is 2.58 bits per heavy atom. The zero-order chi connectivity index (χ0) is 14.0. The van der Waals surface area contributed by atoms with E-state index in [1.807, 2.05) is 25.1 Å². The standard InChI is InChI=1S/C13H9Br3N2O/c1-7-4-9(15)6-17-12(7)18-13(19)10-5-8(14)2-3-11(10)16/h2-6H,1H3,(H,17,18,19). The van der Waals surface area contributed by atoms with Gasteiger partial charge < -0.3 is 5.32 Å². The molecule has 2 rings (SSSR count). The van der Waals surface area contributed by atoms with Crippen molar-refractivity contribution in [1.82, 2.24) is 4.98 Å². The molecule has 1 N–H and O–H groups in total. The number of halogens is 3.